The summed E-state index contributed by atoms with van der Waals surface area (Å²) in [5.74, 6) is -0.832. The summed E-state index contributed by atoms with van der Waals surface area (Å²) in [5, 5.41) is 13.3. The smallest absolute Gasteiger partial charge is 0.253 e. The molecule has 0 radical (unpaired) electrons. The second-order valence-corrected chi connectivity index (χ2v) is 6.80. The molecular weight excluding hydrogens is 309 g/mol. The minimum Gasteiger partial charge on any atom is -0.506 e. The molecule has 2 unspecified atom stereocenters. The number of carbonyl (C=O) groups is 1. The van der Waals surface area contributed by atoms with Gasteiger partial charge >= 0.3 is 0 Å². The standard InChI is InChI=1S/C14H18FN3O3S/c15-11-5-10(2-1-9-3-4-16-7-9)6-12(19)14(11)18-8-13(20)17-22(18)21/h5-6,9,16,19H,1-4,7-8H2,(H,17,20). The van der Waals surface area contributed by atoms with Crippen LogP contribution >= 0.6 is 0 Å². The maximum absolute atomic E-state index is 14.3. The monoisotopic (exact) mass is 327 g/mol. The minimum atomic E-state index is -1.85. The van der Waals surface area contributed by atoms with E-state index in [-0.39, 0.29) is 18.0 Å². The Morgan fingerprint density at radius 2 is 2.27 bits per heavy atom. The maximum atomic E-state index is 14.3. The molecule has 1 aromatic rings. The van der Waals surface area contributed by atoms with Crippen molar-refractivity contribution in [2.75, 3.05) is 23.9 Å². The Bertz CT molecular complexity index is 596. The predicted molar refractivity (Wildman–Crippen MR) is 81.0 cm³/mol. The van der Waals surface area contributed by atoms with Crippen LogP contribution in [-0.2, 0) is 22.4 Å². The second-order valence-electron chi connectivity index (χ2n) is 5.65. The maximum Gasteiger partial charge on any atom is 0.253 e. The van der Waals surface area contributed by atoms with Gasteiger partial charge in [0.1, 0.15) is 18.0 Å². The molecule has 0 saturated carbocycles. The van der Waals surface area contributed by atoms with E-state index in [4.69, 9.17) is 0 Å². The van der Waals surface area contributed by atoms with E-state index in [9.17, 15) is 18.5 Å². The van der Waals surface area contributed by atoms with Crippen molar-refractivity contribution < 1.29 is 18.5 Å². The van der Waals surface area contributed by atoms with E-state index in [2.05, 4.69) is 10.0 Å². The highest BCUT2D eigenvalue weighted by atomic mass is 32.2. The van der Waals surface area contributed by atoms with Gasteiger partial charge in [-0.15, -0.1) is 0 Å². The number of hydrogen-bond acceptors (Lipinski definition) is 4. The molecule has 2 saturated heterocycles. The fraction of sp³-hybridized carbons (Fsp3) is 0.500. The van der Waals surface area contributed by atoms with Crippen LogP contribution in [0.15, 0.2) is 12.1 Å². The van der Waals surface area contributed by atoms with E-state index >= 15 is 0 Å². The normalized spacial score (nSPS) is 24.8. The number of hydrogen-bond donors (Lipinski definition) is 3. The van der Waals surface area contributed by atoms with Crippen molar-refractivity contribution in [2.45, 2.75) is 19.3 Å². The molecule has 1 amide bonds. The molecule has 0 bridgehead atoms. The van der Waals surface area contributed by atoms with Gasteiger partial charge in [0.05, 0.1) is 0 Å². The molecule has 120 valence electrons. The molecule has 3 N–H and O–H groups in total. The van der Waals surface area contributed by atoms with Crippen LogP contribution in [0.3, 0.4) is 0 Å². The molecule has 8 heteroatoms. The lowest BCUT2D eigenvalue weighted by molar-refractivity contribution is -0.117. The lowest BCUT2D eigenvalue weighted by Gasteiger charge is -2.17. The Morgan fingerprint density at radius 1 is 1.45 bits per heavy atom. The largest absolute Gasteiger partial charge is 0.506 e. The van der Waals surface area contributed by atoms with Crippen molar-refractivity contribution in [3.8, 4) is 5.75 Å². The van der Waals surface area contributed by atoms with Crippen LogP contribution in [0, 0.1) is 11.7 Å². The molecule has 3 rings (SSSR count). The van der Waals surface area contributed by atoms with E-state index < -0.39 is 22.9 Å². The van der Waals surface area contributed by atoms with Crippen LogP contribution in [0.5, 0.6) is 5.75 Å². The third-order valence-electron chi connectivity index (χ3n) is 4.04. The summed E-state index contributed by atoms with van der Waals surface area (Å²) in [7, 11) is 0. The van der Waals surface area contributed by atoms with Gasteiger partial charge in [-0.05, 0) is 56.0 Å². The minimum absolute atomic E-state index is 0.192. The summed E-state index contributed by atoms with van der Waals surface area (Å²) >= 11 is -1.85. The fourth-order valence-corrected chi connectivity index (χ4v) is 3.85. The van der Waals surface area contributed by atoms with E-state index in [1.54, 1.807) is 0 Å². The van der Waals surface area contributed by atoms with Gasteiger partial charge in [-0.2, -0.15) is 0 Å². The van der Waals surface area contributed by atoms with Crippen LogP contribution in [0.1, 0.15) is 18.4 Å². The molecule has 2 heterocycles. The van der Waals surface area contributed by atoms with Crippen LogP contribution < -0.4 is 14.3 Å². The molecule has 2 fully saturated rings. The van der Waals surface area contributed by atoms with Gasteiger partial charge in [-0.1, -0.05) is 0 Å². The van der Waals surface area contributed by atoms with Gasteiger partial charge in [0.25, 0.3) is 5.91 Å². The lowest BCUT2D eigenvalue weighted by Crippen LogP contribution is -2.23. The number of nitrogens with one attached hydrogen (secondary N) is 2. The third-order valence-corrected chi connectivity index (χ3v) is 5.16. The topological polar surface area (TPSA) is 81.7 Å². The fourth-order valence-electron chi connectivity index (χ4n) is 2.90. The first-order valence-electron chi connectivity index (χ1n) is 7.25. The number of phenols is 1. The van der Waals surface area contributed by atoms with Crippen LogP contribution in [0.4, 0.5) is 10.1 Å². The SMILES string of the molecule is O=C1CN(c2c(O)cc(CCC3CCNC3)cc2F)S(=O)N1. The average Bonchev–Trinajstić information content (AvgIpc) is 3.06. The number of phenolic OH excluding ortho intramolecular Hbond substituents is 1. The number of halogens is 1. The Kier molecular flexibility index (Phi) is 4.30. The van der Waals surface area contributed by atoms with Gasteiger partial charge in [0.15, 0.2) is 5.82 Å². The highest BCUT2D eigenvalue weighted by Crippen LogP contribution is 2.34. The summed E-state index contributed by atoms with van der Waals surface area (Å²) in [4.78, 5) is 11.2. The zero-order chi connectivity index (χ0) is 15.7. The Hall–Kier alpha value is -1.67. The number of nitrogens with zero attached hydrogens (tertiary/aromatic N) is 1. The van der Waals surface area contributed by atoms with Gasteiger partial charge in [0, 0.05) is 0 Å². The van der Waals surface area contributed by atoms with Crippen molar-refractivity contribution in [2.24, 2.45) is 5.92 Å². The van der Waals surface area contributed by atoms with E-state index in [1.165, 1.54) is 12.1 Å². The Balaban J connectivity index is 1.76. The molecule has 0 spiro atoms. The summed E-state index contributed by atoms with van der Waals surface area (Å²) in [6.45, 7) is 1.77. The van der Waals surface area contributed by atoms with Gasteiger partial charge < -0.3 is 10.4 Å². The molecule has 2 aliphatic heterocycles. The zero-order valence-electron chi connectivity index (χ0n) is 12.0. The summed E-state index contributed by atoms with van der Waals surface area (Å²) in [6, 6.07) is 2.83. The molecule has 2 atom stereocenters. The van der Waals surface area contributed by atoms with Crippen LogP contribution in [0.25, 0.3) is 0 Å². The Labute approximate surface area is 130 Å². The molecule has 1 aromatic carbocycles. The molecule has 22 heavy (non-hydrogen) atoms. The van der Waals surface area contributed by atoms with Crippen LogP contribution in [-0.4, -0.2) is 34.9 Å². The lowest BCUT2D eigenvalue weighted by atomic mass is 9.98. The molecule has 2 aliphatic rings. The number of amides is 1. The average molecular weight is 327 g/mol. The van der Waals surface area contributed by atoms with Crippen molar-refractivity contribution in [1.29, 1.82) is 0 Å². The summed E-state index contributed by atoms with van der Waals surface area (Å²) in [5.41, 5.74) is 0.512. The molecule has 6 nitrogen and oxygen atoms in total. The summed E-state index contributed by atoms with van der Waals surface area (Å²) < 4.78 is 29.2. The number of rotatable bonds is 4. The number of anilines is 1. The van der Waals surface area contributed by atoms with E-state index in [1.807, 2.05) is 0 Å². The summed E-state index contributed by atoms with van der Waals surface area (Å²) in [6.07, 6.45) is 2.73. The highest BCUT2D eigenvalue weighted by molar-refractivity contribution is 7.85. The molecule has 0 aliphatic carbocycles. The predicted octanol–water partition coefficient (Wildman–Crippen LogP) is 0.588. The van der Waals surface area contributed by atoms with Crippen molar-refractivity contribution in [3.63, 3.8) is 0 Å². The van der Waals surface area contributed by atoms with E-state index in [0.717, 1.165) is 30.2 Å². The first-order chi connectivity index (χ1) is 10.5. The number of carbonyl (C=O) groups excluding carboxylic acids is 1. The van der Waals surface area contributed by atoms with Crippen molar-refractivity contribution in [1.82, 2.24) is 10.0 Å². The number of aryl methyl sites for hydroxylation is 1. The molecular formula is C14H18FN3O3S. The first kappa shape index (κ1) is 15.2. The van der Waals surface area contributed by atoms with Crippen LogP contribution in [0.2, 0.25) is 0 Å². The number of benzene rings is 1. The Morgan fingerprint density at radius 3 is 2.86 bits per heavy atom. The first-order valence-corrected chi connectivity index (χ1v) is 8.36. The third kappa shape index (κ3) is 3.07. The van der Waals surface area contributed by atoms with Gasteiger partial charge in [-0.25, -0.2) is 8.60 Å². The van der Waals surface area contributed by atoms with E-state index in [0.29, 0.717) is 17.9 Å². The van der Waals surface area contributed by atoms with Crippen molar-refractivity contribution >= 4 is 22.8 Å². The quantitative estimate of drug-likeness (QED) is 0.756. The van der Waals surface area contributed by atoms with Crippen molar-refractivity contribution in [3.05, 3.63) is 23.5 Å². The second kappa shape index (κ2) is 6.21. The zero-order valence-corrected chi connectivity index (χ0v) is 12.8. The van der Waals surface area contributed by atoms with Gasteiger partial charge in [-0.3, -0.25) is 13.8 Å². The van der Waals surface area contributed by atoms with Gasteiger partial charge in [0.2, 0.25) is 11.2 Å². The number of aromatic hydroxyl groups is 1. The highest BCUT2D eigenvalue weighted by Gasteiger charge is 2.31. The molecule has 0 aromatic heterocycles.